The van der Waals surface area contributed by atoms with Crippen molar-refractivity contribution in [2.75, 3.05) is 12.1 Å². The summed E-state index contributed by atoms with van der Waals surface area (Å²) in [6.45, 7) is 0.999. The summed E-state index contributed by atoms with van der Waals surface area (Å²) in [6.07, 6.45) is -0.0675. The molecule has 4 atom stereocenters. The highest BCUT2D eigenvalue weighted by Crippen LogP contribution is 2.45. The Balaban J connectivity index is 2.18. The van der Waals surface area contributed by atoms with Gasteiger partial charge in [-0.2, -0.15) is 4.91 Å². The Morgan fingerprint density at radius 3 is 2.88 bits per heavy atom. The molecule has 1 saturated heterocycles. The molecule has 1 aliphatic heterocycles. The predicted octanol–water partition coefficient (Wildman–Crippen LogP) is 0.747. The number of fused-ring (bicyclic) bond motifs is 1. The number of aliphatic hydroxyl groups excluding tert-OH is 2. The maximum absolute atomic E-state index is 10.7. The molecule has 0 aromatic carbocycles. The number of nitrogens with zero attached hydrogens (tertiary/aromatic N) is 4. The van der Waals surface area contributed by atoms with Gasteiger partial charge in [0.15, 0.2) is 12.0 Å². The van der Waals surface area contributed by atoms with Gasteiger partial charge in [-0.3, -0.25) is 10.7 Å². The quantitative estimate of drug-likeness (QED) is 0.349. The molecule has 4 N–H and O–H groups in total. The minimum Gasteiger partial charge on any atom is -0.394 e. The molecular formula is C13H16ClN5O5. The van der Waals surface area contributed by atoms with Crippen LogP contribution in [0.3, 0.4) is 0 Å². The first-order valence-electron chi connectivity index (χ1n) is 7.12. The zero-order valence-corrected chi connectivity index (χ0v) is 13.4. The summed E-state index contributed by atoms with van der Waals surface area (Å²) in [4.78, 5) is 17.5. The third kappa shape index (κ3) is 2.43. The minimum atomic E-state index is -1.25. The number of nitroso groups, excluding NO2 is 1. The first kappa shape index (κ1) is 17.0. The highest BCUT2D eigenvalue weighted by atomic mass is 35.5. The summed E-state index contributed by atoms with van der Waals surface area (Å²) in [5.41, 5.74) is 2.74. The van der Waals surface area contributed by atoms with E-state index in [0.717, 1.165) is 0 Å². The van der Waals surface area contributed by atoms with Crippen molar-refractivity contribution in [3.8, 4) is 0 Å². The fourth-order valence-corrected chi connectivity index (χ4v) is 3.27. The van der Waals surface area contributed by atoms with Crippen LogP contribution < -0.4 is 5.48 Å². The lowest BCUT2D eigenvalue weighted by atomic mass is 10.0. The molecule has 3 rings (SSSR count). The van der Waals surface area contributed by atoms with Crippen molar-refractivity contribution in [1.29, 1.82) is 0 Å². The first-order valence-corrected chi connectivity index (χ1v) is 7.50. The van der Waals surface area contributed by atoms with Crippen LogP contribution in [0.15, 0.2) is 17.7 Å². The van der Waals surface area contributed by atoms with Crippen molar-refractivity contribution in [1.82, 2.24) is 14.5 Å². The molecule has 0 aliphatic carbocycles. The summed E-state index contributed by atoms with van der Waals surface area (Å²) < 4.78 is 7.21. The van der Waals surface area contributed by atoms with Gasteiger partial charge in [-0.05, 0) is 6.92 Å². The van der Waals surface area contributed by atoms with E-state index in [1.54, 1.807) is 13.1 Å². The van der Waals surface area contributed by atoms with Gasteiger partial charge in [0.25, 0.3) is 0 Å². The molecular weight excluding hydrogens is 342 g/mol. The van der Waals surface area contributed by atoms with Gasteiger partial charge >= 0.3 is 0 Å². The minimum absolute atomic E-state index is 0.103. The fraction of sp³-hybridized carbons (Fsp3) is 0.538. The van der Waals surface area contributed by atoms with Gasteiger partial charge in [-0.15, -0.1) is 11.6 Å². The summed E-state index contributed by atoms with van der Waals surface area (Å²) in [7, 11) is 0. The van der Waals surface area contributed by atoms with E-state index >= 15 is 0 Å². The topological polar surface area (TPSA) is 142 Å². The molecule has 2 aromatic heterocycles. The number of aliphatic hydroxyl groups is 2. The van der Waals surface area contributed by atoms with Crippen LogP contribution in [0, 0.1) is 4.91 Å². The number of nitrogens with one attached hydrogen (secondary N) is 1. The highest BCUT2D eigenvalue weighted by Gasteiger charge is 2.53. The molecule has 3 heterocycles. The second kappa shape index (κ2) is 6.22. The monoisotopic (exact) mass is 357 g/mol. The average Bonchev–Trinajstić information content (AvgIpc) is 3.04. The average molecular weight is 358 g/mol. The third-order valence-electron chi connectivity index (χ3n) is 4.18. The number of halogens is 1. The number of hydrogen-bond donors (Lipinski definition) is 4. The van der Waals surface area contributed by atoms with Crippen molar-refractivity contribution in [2.45, 2.75) is 36.8 Å². The van der Waals surface area contributed by atoms with Crippen molar-refractivity contribution < 1.29 is 20.2 Å². The number of anilines is 1. The van der Waals surface area contributed by atoms with E-state index < -0.39 is 29.9 Å². The lowest BCUT2D eigenvalue weighted by Gasteiger charge is -2.26. The molecule has 1 aliphatic rings. The Bertz CT molecular complexity index is 767. The number of rotatable bonds is 5. The number of ether oxygens (including phenoxy) is 1. The zero-order valence-electron chi connectivity index (χ0n) is 12.6. The molecule has 11 heteroatoms. The summed E-state index contributed by atoms with van der Waals surface area (Å²) in [5, 5.41) is 32.1. The van der Waals surface area contributed by atoms with Crippen molar-refractivity contribution >= 4 is 28.5 Å². The lowest BCUT2D eigenvalue weighted by molar-refractivity contribution is -0.0439. The van der Waals surface area contributed by atoms with E-state index in [9.17, 15) is 20.3 Å². The van der Waals surface area contributed by atoms with Crippen molar-refractivity contribution in [2.24, 2.45) is 5.18 Å². The number of hydrogen-bond acceptors (Lipinski definition) is 9. The smallest absolute Gasteiger partial charge is 0.162 e. The van der Waals surface area contributed by atoms with Gasteiger partial charge < -0.3 is 19.5 Å². The predicted molar refractivity (Wildman–Crippen MR) is 83.7 cm³/mol. The van der Waals surface area contributed by atoms with E-state index in [1.807, 2.05) is 5.48 Å². The Morgan fingerprint density at radius 1 is 1.54 bits per heavy atom. The van der Waals surface area contributed by atoms with E-state index in [1.165, 1.54) is 10.9 Å². The van der Waals surface area contributed by atoms with Crippen LogP contribution in [-0.4, -0.2) is 53.6 Å². The second-order valence-electron chi connectivity index (χ2n) is 5.69. The Labute approximate surface area is 141 Å². The van der Waals surface area contributed by atoms with Gasteiger partial charge in [-0.25, -0.2) is 9.97 Å². The standard InChI is InChI=1S/C13H16ClN5O5/c1-13(14)9(21)7(4-20)24-12(13)19-3-6(2-17-22)8-10(18-23)15-5-16-11(8)19/h3,5,7,9,12,20-21,23H,2,4H2,1H3,(H,15,16,18)/t7?,9?,12-,13-/m1/s1. The van der Waals surface area contributed by atoms with Crippen LogP contribution >= 0.6 is 11.6 Å². The molecule has 10 nitrogen and oxygen atoms in total. The summed E-state index contributed by atoms with van der Waals surface area (Å²) in [6, 6.07) is 0. The molecule has 0 radical (unpaired) electrons. The van der Waals surface area contributed by atoms with Gasteiger partial charge in [-0.1, -0.05) is 5.18 Å². The highest BCUT2D eigenvalue weighted by molar-refractivity contribution is 6.24. The maximum Gasteiger partial charge on any atom is 0.162 e. The summed E-state index contributed by atoms with van der Waals surface area (Å²) >= 11 is 6.45. The van der Waals surface area contributed by atoms with Crippen LogP contribution in [0.2, 0.25) is 0 Å². The molecule has 130 valence electrons. The molecule has 0 bridgehead atoms. The van der Waals surface area contributed by atoms with Crippen LogP contribution in [0.5, 0.6) is 0 Å². The van der Waals surface area contributed by atoms with Crippen molar-refractivity contribution in [3.05, 3.63) is 23.0 Å². The number of aromatic nitrogens is 3. The molecule has 1 fully saturated rings. The van der Waals surface area contributed by atoms with Gasteiger partial charge in [0.1, 0.15) is 35.6 Å². The Hall–Kier alpha value is -1.85. The van der Waals surface area contributed by atoms with E-state index in [-0.39, 0.29) is 12.4 Å². The number of alkyl halides is 1. The van der Waals surface area contributed by atoms with Gasteiger partial charge in [0, 0.05) is 11.8 Å². The maximum atomic E-state index is 10.7. The normalized spacial score (nSPS) is 30.0. The second-order valence-corrected chi connectivity index (χ2v) is 6.50. The SMILES string of the molecule is C[C@@]1(Cl)C(O)C(CO)O[C@H]1n1cc(CN=O)c2c(NO)ncnc21. The van der Waals surface area contributed by atoms with Crippen LogP contribution in [0.4, 0.5) is 5.82 Å². The Kier molecular flexibility index (Phi) is 4.40. The largest absolute Gasteiger partial charge is 0.394 e. The molecule has 0 saturated carbocycles. The van der Waals surface area contributed by atoms with Gasteiger partial charge in [0.05, 0.1) is 12.0 Å². The van der Waals surface area contributed by atoms with Crippen LogP contribution in [0.1, 0.15) is 18.7 Å². The molecule has 0 amide bonds. The van der Waals surface area contributed by atoms with Crippen molar-refractivity contribution in [3.63, 3.8) is 0 Å². The lowest BCUT2D eigenvalue weighted by Crippen LogP contribution is -2.39. The van der Waals surface area contributed by atoms with Crippen LogP contribution in [0.25, 0.3) is 11.0 Å². The molecule has 2 unspecified atom stereocenters. The summed E-state index contributed by atoms with van der Waals surface area (Å²) in [5.74, 6) is 0.103. The van der Waals surface area contributed by atoms with Crippen LogP contribution in [-0.2, 0) is 11.3 Å². The Morgan fingerprint density at radius 2 is 2.29 bits per heavy atom. The molecule has 24 heavy (non-hydrogen) atoms. The van der Waals surface area contributed by atoms with Gasteiger partial charge in [0.2, 0.25) is 0 Å². The van der Waals surface area contributed by atoms with E-state index in [2.05, 4.69) is 15.1 Å². The first-order chi connectivity index (χ1) is 11.5. The fourth-order valence-electron chi connectivity index (χ4n) is 2.98. The van der Waals surface area contributed by atoms with E-state index in [0.29, 0.717) is 16.6 Å². The zero-order chi connectivity index (χ0) is 17.5. The molecule has 2 aromatic rings. The third-order valence-corrected chi connectivity index (χ3v) is 4.59. The molecule has 0 spiro atoms. The van der Waals surface area contributed by atoms with E-state index in [4.69, 9.17) is 16.3 Å².